The Labute approximate surface area is 128 Å². The highest BCUT2D eigenvalue weighted by Gasteiger charge is 2.31. The monoisotopic (exact) mass is 292 g/mol. The molecule has 1 aliphatic rings. The quantitative estimate of drug-likeness (QED) is 0.734. The normalized spacial score (nSPS) is 17.3. The second kappa shape index (κ2) is 7.14. The number of nitrogens with zero attached hydrogens (tertiary/aromatic N) is 1. The predicted molar refractivity (Wildman–Crippen MR) is 87.1 cm³/mol. The molecule has 0 spiro atoms. The van der Waals surface area contributed by atoms with Crippen molar-refractivity contribution in [2.45, 2.75) is 44.2 Å². The number of rotatable bonds is 9. The summed E-state index contributed by atoms with van der Waals surface area (Å²) in [7, 11) is 3.79. The highest BCUT2D eigenvalue weighted by molar-refractivity contribution is 5.48. The van der Waals surface area contributed by atoms with E-state index in [0.29, 0.717) is 6.04 Å². The van der Waals surface area contributed by atoms with E-state index in [4.69, 9.17) is 4.74 Å². The zero-order valence-corrected chi connectivity index (χ0v) is 13.4. The summed E-state index contributed by atoms with van der Waals surface area (Å²) in [5.41, 5.74) is 1.05. The maximum absolute atomic E-state index is 9.61. The Morgan fingerprint density at radius 2 is 2.00 bits per heavy atom. The highest BCUT2D eigenvalue weighted by atomic mass is 16.5. The summed E-state index contributed by atoms with van der Waals surface area (Å²) >= 11 is 0. The van der Waals surface area contributed by atoms with Crippen molar-refractivity contribution in [1.29, 1.82) is 0 Å². The van der Waals surface area contributed by atoms with Crippen LogP contribution in [0.15, 0.2) is 24.3 Å². The molecule has 0 saturated heterocycles. The van der Waals surface area contributed by atoms with Crippen LogP contribution < -0.4 is 15.0 Å². The summed E-state index contributed by atoms with van der Waals surface area (Å²) in [5.74, 6) is 0.883. The molecule has 1 aromatic carbocycles. The van der Waals surface area contributed by atoms with Crippen molar-refractivity contribution in [2.75, 3.05) is 32.2 Å². The number of hydrogen-bond acceptors (Lipinski definition) is 4. The second-order valence-corrected chi connectivity index (χ2v) is 6.36. The molecule has 0 aromatic heterocycles. The fourth-order valence-electron chi connectivity index (χ4n) is 2.59. The van der Waals surface area contributed by atoms with Gasteiger partial charge in [-0.3, -0.25) is 0 Å². The SMILES string of the molecule is COc1ccc(N(C)CCCC(C)(CO)NC2CC2)cc1. The molecule has 4 nitrogen and oxygen atoms in total. The van der Waals surface area contributed by atoms with E-state index in [2.05, 4.69) is 36.3 Å². The first kappa shape index (κ1) is 16.1. The summed E-state index contributed by atoms with van der Waals surface area (Å²) in [6.07, 6.45) is 4.54. The van der Waals surface area contributed by atoms with Crippen LogP contribution in [0.5, 0.6) is 5.75 Å². The third-order valence-electron chi connectivity index (χ3n) is 4.21. The smallest absolute Gasteiger partial charge is 0.119 e. The molecule has 1 unspecified atom stereocenters. The molecule has 1 atom stereocenters. The van der Waals surface area contributed by atoms with E-state index in [1.807, 2.05) is 12.1 Å². The minimum Gasteiger partial charge on any atom is -0.497 e. The van der Waals surface area contributed by atoms with Gasteiger partial charge < -0.3 is 20.1 Å². The van der Waals surface area contributed by atoms with E-state index < -0.39 is 0 Å². The minimum atomic E-state index is -0.137. The van der Waals surface area contributed by atoms with E-state index in [9.17, 15) is 5.11 Å². The molecule has 0 bridgehead atoms. The largest absolute Gasteiger partial charge is 0.497 e. The maximum atomic E-state index is 9.61. The van der Waals surface area contributed by atoms with Crippen molar-refractivity contribution >= 4 is 5.69 Å². The van der Waals surface area contributed by atoms with Crippen LogP contribution in [0, 0.1) is 0 Å². The Morgan fingerprint density at radius 3 is 2.52 bits per heavy atom. The predicted octanol–water partition coefficient (Wildman–Crippen LogP) is 2.41. The van der Waals surface area contributed by atoms with Crippen LogP contribution in [0.4, 0.5) is 5.69 Å². The lowest BCUT2D eigenvalue weighted by atomic mass is 9.96. The third kappa shape index (κ3) is 4.90. The van der Waals surface area contributed by atoms with Crippen LogP contribution in [0.2, 0.25) is 0 Å². The van der Waals surface area contributed by atoms with Gasteiger partial charge in [-0.05, 0) is 56.9 Å². The van der Waals surface area contributed by atoms with Crippen molar-refractivity contribution < 1.29 is 9.84 Å². The van der Waals surface area contributed by atoms with Gasteiger partial charge >= 0.3 is 0 Å². The Morgan fingerprint density at radius 1 is 1.33 bits per heavy atom. The van der Waals surface area contributed by atoms with Crippen molar-refractivity contribution in [3.8, 4) is 5.75 Å². The van der Waals surface area contributed by atoms with Gasteiger partial charge in [-0.2, -0.15) is 0 Å². The number of hydrogen-bond donors (Lipinski definition) is 2. The average molecular weight is 292 g/mol. The van der Waals surface area contributed by atoms with Gasteiger partial charge in [0.2, 0.25) is 0 Å². The molecule has 118 valence electrons. The molecular weight excluding hydrogens is 264 g/mol. The fraction of sp³-hybridized carbons (Fsp3) is 0.647. The first-order chi connectivity index (χ1) is 10.1. The van der Waals surface area contributed by atoms with Gasteiger partial charge in [0, 0.05) is 30.9 Å². The van der Waals surface area contributed by atoms with Crippen LogP contribution in [-0.4, -0.2) is 44.0 Å². The Kier molecular flexibility index (Phi) is 5.48. The number of aliphatic hydroxyl groups is 1. The molecule has 2 N–H and O–H groups in total. The molecule has 1 saturated carbocycles. The summed E-state index contributed by atoms with van der Waals surface area (Å²) < 4.78 is 5.18. The molecule has 2 rings (SSSR count). The van der Waals surface area contributed by atoms with Crippen molar-refractivity contribution in [1.82, 2.24) is 5.32 Å². The lowest BCUT2D eigenvalue weighted by molar-refractivity contribution is 0.162. The zero-order valence-electron chi connectivity index (χ0n) is 13.4. The summed E-state index contributed by atoms with van der Waals surface area (Å²) in [6.45, 7) is 3.31. The van der Waals surface area contributed by atoms with Gasteiger partial charge in [0.1, 0.15) is 5.75 Å². The average Bonchev–Trinajstić information content (AvgIpc) is 3.31. The third-order valence-corrected chi connectivity index (χ3v) is 4.21. The number of methoxy groups -OCH3 is 1. The van der Waals surface area contributed by atoms with Gasteiger partial charge in [-0.15, -0.1) is 0 Å². The maximum Gasteiger partial charge on any atom is 0.119 e. The van der Waals surface area contributed by atoms with Crippen molar-refractivity contribution in [2.24, 2.45) is 0 Å². The first-order valence-corrected chi connectivity index (χ1v) is 7.80. The van der Waals surface area contributed by atoms with Crippen LogP contribution in [0.1, 0.15) is 32.6 Å². The van der Waals surface area contributed by atoms with Crippen molar-refractivity contribution in [3.63, 3.8) is 0 Å². The number of aliphatic hydroxyl groups excluding tert-OH is 1. The highest BCUT2D eigenvalue weighted by Crippen LogP contribution is 2.25. The van der Waals surface area contributed by atoms with Gasteiger partial charge in [0.05, 0.1) is 13.7 Å². The second-order valence-electron chi connectivity index (χ2n) is 6.36. The Hall–Kier alpha value is -1.26. The molecule has 0 radical (unpaired) electrons. The van der Waals surface area contributed by atoms with Crippen LogP contribution in [0.25, 0.3) is 0 Å². The number of benzene rings is 1. The molecule has 1 fully saturated rings. The van der Waals surface area contributed by atoms with Crippen LogP contribution in [-0.2, 0) is 0 Å². The topological polar surface area (TPSA) is 44.7 Å². The van der Waals surface area contributed by atoms with Crippen LogP contribution in [0.3, 0.4) is 0 Å². The standard InChI is InChI=1S/C17H28N2O2/c1-17(13-20,18-14-5-6-14)11-4-12-19(2)15-7-9-16(21-3)10-8-15/h7-10,14,18,20H,4-6,11-13H2,1-3H3. The molecule has 1 aromatic rings. The fourth-order valence-corrected chi connectivity index (χ4v) is 2.59. The minimum absolute atomic E-state index is 0.137. The number of anilines is 1. The van der Waals surface area contributed by atoms with Crippen molar-refractivity contribution in [3.05, 3.63) is 24.3 Å². The Bertz CT molecular complexity index is 431. The molecular formula is C17H28N2O2. The molecule has 0 heterocycles. The van der Waals surface area contributed by atoms with E-state index >= 15 is 0 Å². The summed E-state index contributed by atoms with van der Waals surface area (Å²) in [5, 5.41) is 13.2. The number of ether oxygens (including phenoxy) is 1. The first-order valence-electron chi connectivity index (χ1n) is 7.80. The Balaban J connectivity index is 1.78. The van der Waals surface area contributed by atoms with E-state index in [-0.39, 0.29) is 12.1 Å². The van der Waals surface area contributed by atoms with Crippen LogP contribution >= 0.6 is 0 Å². The van der Waals surface area contributed by atoms with Gasteiger partial charge in [0.25, 0.3) is 0 Å². The van der Waals surface area contributed by atoms with Gasteiger partial charge in [0.15, 0.2) is 0 Å². The molecule has 1 aliphatic carbocycles. The summed E-state index contributed by atoms with van der Waals surface area (Å²) in [4.78, 5) is 2.24. The van der Waals surface area contributed by atoms with Gasteiger partial charge in [-0.25, -0.2) is 0 Å². The lowest BCUT2D eigenvalue weighted by Gasteiger charge is -2.30. The van der Waals surface area contributed by atoms with E-state index in [0.717, 1.165) is 25.1 Å². The lowest BCUT2D eigenvalue weighted by Crippen LogP contribution is -2.47. The molecule has 0 amide bonds. The molecule has 0 aliphatic heterocycles. The van der Waals surface area contributed by atoms with E-state index in [1.54, 1.807) is 7.11 Å². The molecule has 21 heavy (non-hydrogen) atoms. The van der Waals surface area contributed by atoms with E-state index in [1.165, 1.54) is 18.5 Å². The molecule has 4 heteroatoms. The summed E-state index contributed by atoms with van der Waals surface area (Å²) in [6, 6.07) is 8.75. The zero-order chi connectivity index (χ0) is 15.3. The van der Waals surface area contributed by atoms with Gasteiger partial charge in [-0.1, -0.05) is 0 Å². The number of nitrogens with one attached hydrogen (secondary N) is 1.